The molecule has 1 aliphatic rings. The van der Waals surface area contributed by atoms with E-state index in [1.54, 1.807) is 0 Å². The maximum atomic E-state index is 11.9. The summed E-state index contributed by atoms with van der Waals surface area (Å²) in [5.74, 6) is 0.616. The number of nitrogens with zero attached hydrogens (tertiary/aromatic N) is 1. The minimum Gasteiger partial charge on any atom is -0.378 e. The molecule has 1 heterocycles. The largest absolute Gasteiger partial charge is 0.378 e. The molecule has 1 saturated heterocycles. The molecule has 4 nitrogen and oxygen atoms in total. The van der Waals surface area contributed by atoms with E-state index >= 15 is 0 Å². The smallest absolute Gasteiger partial charge is 0.222 e. The lowest BCUT2D eigenvalue weighted by atomic mass is 9.97. The normalized spacial score (nSPS) is 21.7. The maximum absolute atomic E-state index is 11.9. The first-order chi connectivity index (χ1) is 8.74. The lowest BCUT2D eigenvalue weighted by molar-refractivity contribution is -0.125. The van der Waals surface area contributed by atoms with E-state index < -0.39 is 0 Å². The van der Waals surface area contributed by atoms with Crippen LogP contribution < -0.4 is 5.32 Å². The molecule has 0 bridgehead atoms. The van der Waals surface area contributed by atoms with Crippen molar-refractivity contribution >= 4 is 5.91 Å². The minimum atomic E-state index is 0.0407. The van der Waals surface area contributed by atoms with Gasteiger partial charge >= 0.3 is 0 Å². The molecule has 0 aromatic heterocycles. The molecule has 0 aliphatic carbocycles. The molecule has 1 aliphatic heterocycles. The maximum Gasteiger partial charge on any atom is 0.222 e. The van der Waals surface area contributed by atoms with Crippen molar-refractivity contribution in [3.8, 4) is 0 Å². The summed E-state index contributed by atoms with van der Waals surface area (Å²) in [4.78, 5) is 14.3. The number of hydrogen-bond acceptors (Lipinski definition) is 3. The number of carbonyl (C=O) groups excluding carboxylic acids is 1. The van der Waals surface area contributed by atoms with E-state index in [1.807, 2.05) is 13.8 Å². The monoisotopic (exact) mass is 270 g/mol. The molecule has 112 valence electrons. The summed E-state index contributed by atoms with van der Waals surface area (Å²) in [6.07, 6.45) is 0. The number of amides is 1. The van der Waals surface area contributed by atoms with Crippen molar-refractivity contribution in [3.05, 3.63) is 0 Å². The van der Waals surface area contributed by atoms with Crippen LogP contribution in [0, 0.1) is 11.8 Å². The Bertz CT molecular complexity index is 301. The van der Waals surface area contributed by atoms with Crippen LogP contribution in [0.1, 0.15) is 41.5 Å². The predicted molar refractivity (Wildman–Crippen MR) is 78.1 cm³/mol. The van der Waals surface area contributed by atoms with Crippen molar-refractivity contribution in [1.29, 1.82) is 0 Å². The first-order valence-corrected chi connectivity index (χ1v) is 7.37. The summed E-state index contributed by atoms with van der Waals surface area (Å²) in [6, 6.07) is 0.201. The average Bonchev–Trinajstić information content (AvgIpc) is 2.29. The Kier molecular flexibility index (Phi) is 5.81. The standard InChI is InChI=1S/C15H30N2O2/c1-11(2)13(16-14(18)12(3)4)9-17-7-8-19-10-15(17,5)6/h11-13H,7-10H2,1-6H3,(H,16,18). The van der Waals surface area contributed by atoms with Gasteiger partial charge in [0.1, 0.15) is 0 Å². The van der Waals surface area contributed by atoms with Gasteiger partial charge in [-0.05, 0) is 19.8 Å². The molecule has 0 aromatic rings. The molecule has 0 saturated carbocycles. The molecule has 0 radical (unpaired) electrons. The number of hydrogen-bond donors (Lipinski definition) is 1. The zero-order valence-corrected chi connectivity index (χ0v) is 13.3. The molecule has 1 atom stereocenters. The van der Waals surface area contributed by atoms with E-state index in [0.29, 0.717) is 5.92 Å². The summed E-state index contributed by atoms with van der Waals surface area (Å²) in [7, 11) is 0. The Balaban J connectivity index is 2.65. The Labute approximate surface area is 117 Å². The zero-order chi connectivity index (χ0) is 14.6. The van der Waals surface area contributed by atoms with Crippen molar-refractivity contribution < 1.29 is 9.53 Å². The van der Waals surface area contributed by atoms with Gasteiger partial charge in [0.25, 0.3) is 0 Å². The van der Waals surface area contributed by atoms with E-state index in [4.69, 9.17) is 4.74 Å². The fraction of sp³-hybridized carbons (Fsp3) is 0.933. The SMILES string of the molecule is CC(C)C(=O)NC(CN1CCOCC1(C)C)C(C)C. The van der Waals surface area contributed by atoms with Gasteiger partial charge in [0.15, 0.2) is 0 Å². The molecule has 1 fully saturated rings. The number of ether oxygens (including phenoxy) is 1. The highest BCUT2D eigenvalue weighted by atomic mass is 16.5. The van der Waals surface area contributed by atoms with Gasteiger partial charge in [-0.25, -0.2) is 0 Å². The van der Waals surface area contributed by atoms with Crippen molar-refractivity contribution in [3.63, 3.8) is 0 Å². The second kappa shape index (κ2) is 6.71. The van der Waals surface area contributed by atoms with Gasteiger partial charge in [-0.3, -0.25) is 9.69 Å². The Hall–Kier alpha value is -0.610. The molecule has 0 aromatic carbocycles. The van der Waals surface area contributed by atoms with Crippen molar-refractivity contribution in [2.24, 2.45) is 11.8 Å². The van der Waals surface area contributed by atoms with Gasteiger partial charge in [0.05, 0.1) is 13.2 Å². The second-order valence-corrected chi connectivity index (χ2v) is 6.82. The van der Waals surface area contributed by atoms with Crippen LogP contribution in [-0.4, -0.2) is 48.7 Å². The molecule has 1 amide bonds. The van der Waals surface area contributed by atoms with Gasteiger partial charge < -0.3 is 10.1 Å². The van der Waals surface area contributed by atoms with Gasteiger partial charge in [0, 0.05) is 30.6 Å². The lowest BCUT2D eigenvalue weighted by Crippen LogP contribution is -2.58. The summed E-state index contributed by atoms with van der Waals surface area (Å²) >= 11 is 0. The third-order valence-corrected chi connectivity index (χ3v) is 3.89. The van der Waals surface area contributed by atoms with Crippen LogP contribution in [0.15, 0.2) is 0 Å². The highest BCUT2D eigenvalue weighted by Gasteiger charge is 2.33. The fourth-order valence-corrected chi connectivity index (χ4v) is 2.24. The van der Waals surface area contributed by atoms with Gasteiger partial charge in [-0.2, -0.15) is 0 Å². The summed E-state index contributed by atoms with van der Waals surface area (Å²) < 4.78 is 5.55. The van der Waals surface area contributed by atoms with E-state index in [-0.39, 0.29) is 23.4 Å². The van der Waals surface area contributed by atoms with Gasteiger partial charge in [-0.1, -0.05) is 27.7 Å². The molecule has 1 rings (SSSR count). The first-order valence-electron chi connectivity index (χ1n) is 7.37. The third kappa shape index (κ3) is 4.77. The van der Waals surface area contributed by atoms with Crippen LogP contribution in [-0.2, 0) is 9.53 Å². The predicted octanol–water partition coefficient (Wildman–Crippen LogP) is 1.89. The zero-order valence-electron chi connectivity index (χ0n) is 13.3. The molecule has 4 heteroatoms. The van der Waals surface area contributed by atoms with Crippen LogP contribution in [0.2, 0.25) is 0 Å². The first kappa shape index (κ1) is 16.4. The number of carbonyl (C=O) groups is 1. The molecular formula is C15H30N2O2. The highest BCUT2D eigenvalue weighted by molar-refractivity contribution is 5.78. The second-order valence-electron chi connectivity index (χ2n) is 6.82. The molecule has 1 N–H and O–H groups in total. The quantitative estimate of drug-likeness (QED) is 0.829. The molecule has 19 heavy (non-hydrogen) atoms. The topological polar surface area (TPSA) is 41.6 Å². The fourth-order valence-electron chi connectivity index (χ4n) is 2.24. The Morgan fingerprint density at radius 2 is 1.95 bits per heavy atom. The van der Waals surface area contributed by atoms with Crippen LogP contribution in [0.5, 0.6) is 0 Å². The summed E-state index contributed by atoms with van der Waals surface area (Å²) in [5.41, 5.74) is 0.0496. The Morgan fingerprint density at radius 3 is 2.42 bits per heavy atom. The van der Waals surface area contributed by atoms with Gasteiger partial charge in [-0.15, -0.1) is 0 Å². The van der Waals surface area contributed by atoms with E-state index in [2.05, 4.69) is 37.9 Å². The van der Waals surface area contributed by atoms with Crippen molar-refractivity contribution in [2.45, 2.75) is 53.1 Å². The van der Waals surface area contributed by atoms with E-state index in [1.165, 1.54) is 0 Å². The van der Waals surface area contributed by atoms with E-state index in [9.17, 15) is 4.79 Å². The Morgan fingerprint density at radius 1 is 1.32 bits per heavy atom. The van der Waals surface area contributed by atoms with Crippen LogP contribution in [0.4, 0.5) is 0 Å². The third-order valence-electron chi connectivity index (χ3n) is 3.89. The summed E-state index contributed by atoms with van der Waals surface area (Å²) in [5, 5.41) is 3.18. The van der Waals surface area contributed by atoms with Crippen LogP contribution in [0.25, 0.3) is 0 Å². The van der Waals surface area contributed by atoms with Crippen molar-refractivity contribution in [1.82, 2.24) is 10.2 Å². The van der Waals surface area contributed by atoms with Gasteiger partial charge in [0.2, 0.25) is 5.91 Å². The molecule has 0 spiro atoms. The highest BCUT2D eigenvalue weighted by Crippen LogP contribution is 2.20. The average molecular weight is 270 g/mol. The molecular weight excluding hydrogens is 240 g/mol. The van der Waals surface area contributed by atoms with Crippen molar-refractivity contribution in [2.75, 3.05) is 26.3 Å². The summed E-state index contributed by atoms with van der Waals surface area (Å²) in [6.45, 7) is 16.0. The molecule has 1 unspecified atom stereocenters. The van der Waals surface area contributed by atoms with Crippen LogP contribution >= 0.6 is 0 Å². The number of nitrogens with one attached hydrogen (secondary N) is 1. The van der Waals surface area contributed by atoms with Crippen LogP contribution in [0.3, 0.4) is 0 Å². The number of morpholine rings is 1. The lowest BCUT2D eigenvalue weighted by Gasteiger charge is -2.44. The minimum absolute atomic E-state index is 0.0407. The van der Waals surface area contributed by atoms with E-state index in [0.717, 1.165) is 26.3 Å². The number of rotatable bonds is 5.